The maximum atomic E-state index is 4.17. The van der Waals surface area contributed by atoms with Crippen molar-refractivity contribution < 1.29 is 0 Å². The molecule has 0 spiro atoms. The van der Waals surface area contributed by atoms with Crippen molar-refractivity contribution in [3.05, 3.63) is 30.0 Å². The molecule has 0 radical (unpaired) electrons. The van der Waals surface area contributed by atoms with Crippen molar-refractivity contribution in [2.75, 3.05) is 12.4 Å². The fourth-order valence-corrected chi connectivity index (χ4v) is 2.53. The second-order valence-electron chi connectivity index (χ2n) is 3.89. The Labute approximate surface area is 103 Å². The summed E-state index contributed by atoms with van der Waals surface area (Å²) < 4.78 is 0. The normalized spacial score (nSPS) is 10.9. The number of H-pyrrole nitrogens is 1. The first-order chi connectivity index (χ1) is 8.28. The molecule has 17 heavy (non-hydrogen) atoms. The standard InChI is InChI=1S/C12H12N4S/c1-7-6-14-10-4-3-8(5-9(7)10)11-15-16-12(13-2)17-11/h3-6,14H,1-2H3,(H,13,16). The van der Waals surface area contributed by atoms with E-state index in [1.54, 1.807) is 11.3 Å². The molecule has 0 fully saturated rings. The lowest BCUT2D eigenvalue weighted by atomic mass is 10.1. The van der Waals surface area contributed by atoms with Crippen LogP contribution in [0.4, 0.5) is 5.13 Å². The zero-order chi connectivity index (χ0) is 11.8. The van der Waals surface area contributed by atoms with Crippen LogP contribution in [-0.4, -0.2) is 22.2 Å². The molecule has 0 bridgehead atoms. The number of fused-ring (bicyclic) bond motifs is 1. The highest BCUT2D eigenvalue weighted by Crippen LogP contribution is 2.29. The molecule has 0 saturated carbocycles. The number of benzene rings is 1. The topological polar surface area (TPSA) is 53.6 Å². The zero-order valence-corrected chi connectivity index (χ0v) is 10.4. The van der Waals surface area contributed by atoms with Crippen molar-refractivity contribution in [1.29, 1.82) is 0 Å². The molecule has 0 unspecified atom stereocenters. The van der Waals surface area contributed by atoms with Crippen LogP contribution in [0.25, 0.3) is 21.5 Å². The lowest BCUT2D eigenvalue weighted by Gasteiger charge is -1.96. The summed E-state index contributed by atoms with van der Waals surface area (Å²) in [7, 11) is 1.85. The first kappa shape index (κ1) is 10.3. The number of hydrogen-bond acceptors (Lipinski definition) is 4. The molecule has 4 nitrogen and oxygen atoms in total. The number of aryl methyl sites for hydroxylation is 1. The van der Waals surface area contributed by atoms with E-state index in [0.29, 0.717) is 0 Å². The maximum absolute atomic E-state index is 4.17. The molecule has 1 aromatic carbocycles. The Kier molecular flexibility index (Phi) is 2.33. The van der Waals surface area contributed by atoms with Gasteiger partial charge >= 0.3 is 0 Å². The third-order valence-corrected chi connectivity index (χ3v) is 3.76. The van der Waals surface area contributed by atoms with Crippen molar-refractivity contribution in [2.24, 2.45) is 0 Å². The fraction of sp³-hybridized carbons (Fsp3) is 0.167. The van der Waals surface area contributed by atoms with Gasteiger partial charge in [-0.15, -0.1) is 10.2 Å². The third-order valence-electron chi connectivity index (χ3n) is 2.77. The van der Waals surface area contributed by atoms with E-state index in [2.05, 4.69) is 45.6 Å². The molecule has 2 heterocycles. The Morgan fingerprint density at radius 2 is 2.18 bits per heavy atom. The van der Waals surface area contributed by atoms with E-state index in [1.165, 1.54) is 10.9 Å². The smallest absolute Gasteiger partial charge is 0.205 e. The predicted octanol–water partition coefficient (Wildman–Crippen LogP) is 3.04. The molecule has 0 saturated heterocycles. The monoisotopic (exact) mass is 244 g/mol. The van der Waals surface area contributed by atoms with Crippen molar-refractivity contribution >= 4 is 27.4 Å². The minimum absolute atomic E-state index is 0.839. The highest BCUT2D eigenvalue weighted by atomic mass is 32.1. The number of hydrogen-bond donors (Lipinski definition) is 2. The fourth-order valence-electron chi connectivity index (χ4n) is 1.83. The average Bonchev–Trinajstić information content (AvgIpc) is 2.96. The number of aromatic amines is 1. The molecule has 3 aromatic rings. The number of aromatic nitrogens is 3. The summed E-state index contributed by atoms with van der Waals surface area (Å²) in [6, 6.07) is 6.30. The van der Waals surface area contributed by atoms with E-state index in [-0.39, 0.29) is 0 Å². The summed E-state index contributed by atoms with van der Waals surface area (Å²) in [6.45, 7) is 2.10. The quantitative estimate of drug-likeness (QED) is 0.728. The summed E-state index contributed by atoms with van der Waals surface area (Å²) in [5, 5.41) is 14.2. The maximum Gasteiger partial charge on any atom is 0.205 e. The third kappa shape index (κ3) is 1.68. The van der Waals surface area contributed by atoms with Crippen LogP contribution in [0.3, 0.4) is 0 Å². The summed E-state index contributed by atoms with van der Waals surface area (Å²) >= 11 is 1.56. The van der Waals surface area contributed by atoms with Crippen LogP contribution >= 0.6 is 11.3 Å². The lowest BCUT2D eigenvalue weighted by Crippen LogP contribution is -1.84. The van der Waals surface area contributed by atoms with Gasteiger partial charge in [0.15, 0.2) is 0 Å². The highest BCUT2D eigenvalue weighted by molar-refractivity contribution is 7.18. The molecule has 0 aliphatic carbocycles. The Bertz CT molecular complexity index is 668. The lowest BCUT2D eigenvalue weighted by molar-refractivity contribution is 1.09. The summed E-state index contributed by atoms with van der Waals surface area (Å²) in [6.07, 6.45) is 2.02. The van der Waals surface area contributed by atoms with Gasteiger partial charge in [-0.25, -0.2) is 0 Å². The van der Waals surface area contributed by atoms with Gasteiger partial charge in [0.1, 0.15) is 5.01 Å². The number of anilines is 1. The number of rotatable bonds is 2. The second-order valence-corrected chi connectivity index (χ2v) is 4.87. The molecule has 86 valence electrons. The van der Waals surface area contributed by atoms with Crippen LogP contribution in [0, 0.1) is 6.92 Å². The second kappa shape index (κ2) is 3.85. The van der Waals surface area contributed by atoms with E-state index < -0.39 is 0 Å². The van der Waals surface area contributed by atoms with Crippen LogP contribution in [0.1, 0.15) is 5.56 Å². The Morgan fingerprint density at radius 3 is 2.94 bits per heavy atom. The molecular formula is C12H12N4S. The predicted molar refractivity (Wildman–Crippen MR) is 71.5 cm³/mol. The van der Waals surface area contributed by atoms with E-state index in [0.717, 1.165) is 21.2 Å². The molecule has 2 N–H and O–H groups in total. The Balaban J connectivity index is 2.13. The molecule has 0 atom stereocenters. The summed E-state index contributed by atoms with van der Waals surface area (Å²) in [4.78, 5) is 3.24. The van der Waals surface area contributed by atoms with Gasteiger partial charge in [0.25, 0.3) is 0 Å². The van der Waals surface area contributed by atoms with Crippen LogP contribution in [0.15, 0.2) is 24.4 Å². The first-order valence-corrected chi connectivity index (χ1v) is 6.19. The van der Waals surface area contributed by atoms with Crippen molar-refractivity contribution in [3.63, 3.8) is 0 Å². The van der Waals surface area contributed by atoms with E-state index in [4.69, 9.17) is 0 Å². The number of nitrogens with one attached hydrogen (secondary N) is 2. The van der Waals surface area contributed by atoms with E-state index >= 15 is 0 Å². The molecule has 0 aliphatic heterocycles. The Morgan fingerprint density at radius 1 is 1.29 bits per heavy atom. The van der Waals surface area contributed by atoms with Crippen LogP contribution < -0.4 is 5.32 Å². The van der Waals surface area contributed by atoms with Gasteiger partial charge in [-0.1, -0.05) is 11.3 Å². The summed E-state index contributed by atoms with van der Waals surface area (Å²) in [5.74, 6) is 0. The van der Waals surface area contributed by atoms with Crippen molar-refractivity contribution in [3.8, 4) is 10.6 Å². The van der Waals surface area contributed by atoms with Gasteiger partial charge in [0.2, 0.25) is 5.13 Å². The average molecular weight is 244 g/mol. The Hall–Kier alpha value is -1.88. The van der Waals surface area contributed by atoms with Gasteiger partial charge in [0.05, 0.1) is 0 Å². The molecule has 2 aromatic heterocycles. The first-order valence-electron chi connectivity index (χ1n) is 5.37. The van der Waals surface area contributed by atoms with Gasteiger partial charge in [0, 0.05) is 29.7 Å². The van der Waals surface area contributed by atoms with Crippen LogP contribution in [-0.2, 0) is 0 Å². The van der Waals surface area contributed by atoms with Gasteiger partial charge in [-0.2, -0.15) is 0 Å². The van der Waals surface area contributed by atoms with Crippen molar-refractivity contribution in [2.45, 2.75) is 6.92 Å². The molecule has 0 aliphatic rings. The highest BCUT2D eigenvalue weighted by Gasteiger charge is 2.07. The molecular weight excluding hydrogens is 232 g/mol. The van der Waals surface area contributed by atoms with Gasteiger partial charge in [-0.05, 0) is 30.7 Å². The summed E-state index contributed by atoms with van der Waals surface area (Å²) in [5.41, 5.74) is 3.52. The van der Waals surface area contributed by atoms with Crippen LogP contribution in [0.5, 0.6) is 0 Å². The number of nitrogens with zero attached hydrogens (tertiary/aromatic N) is 2. The zero-order valence-electron chi connectivity index (χ0n) is 9.61. The van der Waals surface area contributed by atoms with Crippen molar-refractivity contribution in [1.82, 2.24) is 15.2 Å². The minimum Gasteiger partial charge on any atom is -0.363 e. The largest absolute Gasteiger partial charge is 0.363 e. The van der Waals surface area contributed by atoms with E-state index in [1.807, 2.05) is 13.2 Å². The molecule has 5 heteroatoms. The van der Waals surface area contributed by atoms with E-state index in [9.17, 15) is 0 Å². The van der Waals surface area contributed by atoms with Crippen LogP contribution in [0.2, 0.25) is 0 Å². The van der Waals surface area contributed by atoms with Gasteiger partial charge < -0.3 is 10.3 Å². The minimum atomic E-state index is 0.839. The SMILES string of the molecule is CNc1nnc(-c2ccc3[nH]cc(C)c3c2)s1. The van der Waals surface area contributed by atoms with Gasteiger partial charge in [-0.3, -0.25) is 0 Å². The molecule has 3 rings (SSSR count). The molecule has 0 amide bonds.